The average Bonchev–Trinajstić information content (AvgIpc) is 0.683. The smallest absolute Gasteiger partial charge is 0.200 e. The van der Waals surface area contributed by atoms with Crippen LogP contribution in [0.5, 0.6) is 0 Å². The summed E-state index contributed by atoms with van der Waals surface area (Å²) in [5.41, 5.74) is 41.5. The molecule has 0 aliphatic carbocycles. The first kappa shape index (κ1) is 82.2. The third-order valence-electron chi connectivity index (χ3n) is 23.2. The van der Waals surface area contributed by atoms with Crippen molar-refractivity contribution in [3.8, 4) is 56.3 Å². The van der Waals surface area contributed by atoms with Crippen LogP contribution in [-0.2, 0) is 54.5 Å². The van der Waals surface area contributed by atoms with Gasteiger partial charge in [0.15, 0.2) is 12.4 Å². The molecule has 15 aromatic rings. The minimum atomic E-state index is 0.669. The summed E-state index contributed by atoms with van der Waals surface area (Å²) < 4.78 is 11.4. The highest BCUT2D eigenvalue weighted by Crippen LogP contribution is 2.35. The summed E-state index contributed by atoms with van der Waals surface area (Å²) in [5.74, 6) is 2.04. The number of hydrogen-bond acceptors (Lipinski definition) is 0. The minimum Gasteiger partial charge on any atom is -0.200 e. The van der Waals surface area contributed by atoms with E-state index in [-0.39, 0.29) is 0 Å². The Morgan fingerprint density at radius 2 is 0.589 bits per heavy atom. The van der Waals surface area contributed by atoms with Crippen LogP contribution in [-0.4, -0.2) is 0 Å². The molecule has 0 fully saturated rings. The Morgan fingerprint density at radius 1 is 0.250 bits per heavy atom. The van der Waals surface area contributed by atoms with E-state index in [9.17, 15) is 0 Å². The van der Waals surface area contributed by atoms with Gasteiger partial charge in [0.2, 0.25) is 45.0 Å². The van der Waals surface area contributed by atoms with Gasteiger partial charge in [-0.2, -0.15) is 13.7 Å². The fourth-order valence-corrected chi connectivity index (χ4v) is 16.8. The van der Waals surface area contributed by atoms with Crippen LogP contribution in [0.4, 0.5) is 0 Å². The van der Waals surface area contributed by atoms with Crippen molar-refractivity contribution in [2.45, 2.75) is 165 Å². The van der Waals surface area contributed by atoms with Crippen molar-refractivity contribution in [1.29, 1.82) is 0 Å². The molecule has 0 aliphatic rings. The molecular weight excluding hydrogens is 1360 g/mol. The van der Waals surface area contributed by atoms with Crippen molar-refractivity contribution in [2.24, 2.45) is 53.0 Å². The number of hydrogen-bond donors (Lipinski definition) is 0. The Hall–Kier alpha value is -10.8. The lowest BCUT2D eigenvalue weighted by Crippen LogP contribution is -2.32. The molecule has 15 rings (SSSR count). The monoisotopic (exact) mass is 1480 g/mol. The highest BCUT2D eigenvalue weighted by molar-refractivity contribution is 5.95. The van der Waals surface area contributed by atoms with Crippen LogP contribution in [0.2, 0.25) is 0 Å². The fourth-order valence-electron chi connectivity index (χ4n) is 16.8. The van der Waals surface area contributed by atoms with Crippen LogP contribution in [0.15, 0.2) is 225 Å². The fraction of sp³-hybridized carbons (Fsp3) is 0.299. The van der Waals surface area contributed by atoms with Crippen LogP contribution < -0.4 is 22.8 Å². The summed E-state index contributed by atoms with van der Waals surface area (Å²) in [6.45, 7) is 46.6. The van der Waals surface area contributed by atoms with Gasteiger partial charge in [-0.1, -0.05) is 160 Å². The Balaban J connectivity index is 0.000000139. The van der Waals surface area contributed by atoms with Crippen LogP contribution >= 0.6 is 0 Å². The summed E-state index contributed by atoms with van der Waals surface area (Å²) in [4.78, 5) is 0. The predicted molar refractivity (Wildman–Crippen MR) is 479 cm³/mol. The summed E-state index contributed by atoms with van der Waals surface area (Å²) in [6, 6.07) is 78.5. The Morgan fingerprint density at radius 3 is 1.05 bits per heavy atom. The first-order valence-corrected chi connectivity index (χ1v) is 40.7. The van der Waals surface area contributed by atoms with Crippen LogP contribution in [0, 0.1) is 122 Å². The molecule has 0 radical (unpaired) electrons. The highest BCUT2D eigenvalue weighted by Gasteiger charge is 2.24. The molecule has 0 saturated carbocycles. The number of aryl methyl sites for hydroxylation is 15. The number of rotatable bonds is 11. The van der Waals surface area contributed by atoms with Gasteiger partial charge in [-0.25, -0.2) is 9.13 Å². The van der Waals surface area contributed by atoms with E-state index in [1.165, 1.54) is 211 Å². The minimum absolute atomic E-state index is 0.669. The van der Waals surface area contributed by atoms with Gasteiger partial charge in [-0.3, -0.25) is 0 Å². The number of aromatic nitrogens is 5. The van der Waals surface area contributed by atoms with E-state index in [1.54, 1.807) is 0 Å². The van der Waals surface area contributed by atoms with Crippen LogP contribution in [0.3, 0.4) is 0 Å². The third kappa shape index (κ3) is 18.4. The van der Waals surface area contributed by atoms with Gasteiger partial charge in [0, 0.05) is 81.4 Å². The molecule has 112 heavy (non-hydrogen) atoms. The van der Waals surface area contributed by atoms with Gasteiger partial charge in [0.25, 0.3) is 0 Å². The van der Waals surface area contributed by atoms with E-state index in [0.717, 1.165) is 19.3 Å². The predicted octanol–water partition coefficient (Wildman–Crippen LogP) is 24.9. The number of fused-ring (bicyclic) bond motifs is 5. The molecule has 0 spiro atoms. The molecule has 0 N–H and O–H groups in total. The molecule has 5 aromatic heterocycles. The molecule has 0 bridgehead atoms. The van der Waals surface area contributed by atoms with E-state index >= 15 is 0 Å². The molecule has 0 amide bonds. The Labute approximate surface area is 671 Å². The van der Waals surface area contributed by atoms with E-state index in [4.69, 9.17) is 0 Å². The summed E-state index contributed by atoms with van der Waals surface area (Å²) >= 11 is 0. The maximum absolute atomic E-state index is 2.36. The first-order valence-electron chi connectivity index (χ1n) is 40.7. The van der Waals surface area contributed by atoms with Gasteiger partial charge >= 0.3 is 0 Å². The number of para-hydroxylation sites is 1. The lowest BCUT2D eigenvalue weighted by molar-refractivity contribution is -0.659. The van der Waals surface area contributed by atoms with Crippen molar-refractivity contribution in [1.82, 2.24) is 0 Å². The Bertz CT molecular complexity index is 6020. The first-order chi connectivity index (χ1) is 53.3. The van der Waals surface area contributed by atoms with Crippen molar-refractivity contribution >= 4 is 54.3 Å². The molecule has 5 heterocycles. The van der Waals surface area contributed by atoms with Crippen LogP contribution in [0.25, 0.3) is 111 Å². The Kier molecular flexibility index (Phi) is 25.9. The second-order valence-electron chi connectivity index (χ2n) is 33.8. The van der Waals surface area contributed by atoms with Crippen molar-refractivity contribution in [3.05, 3.63) is 325 Å². The van der Waals surface area contributed by atoms with Gasteiger partial charge < -0.3 is 0 Å². The summed E-state index contributed by atoms with van der Waals surface area (Å²) in [6.07, 6.45) is 7.73. The largest absolute Gasteiger partial charge is 0.220 e. The van der Waals surface area contributed by atoms with Gasteiger partial charge in [0.05, 0.1) is 21.9 Å². The zero-order valence-electron chi connectivity index (χ0n) is 72.5. The number of pyridine rings is 5. The topological polar surface area (TPSA) is 19.4 Å². The number of benzene rings is 10. The lowest BCUT2D eigenvalue weighted by Gasteiger charge is -2.12. The zero-order valence-corrected chi connectivity index (χ0v) is 72.5. The summed E-state index contributed by atoms with van der Waals surface area (Å²) in [5, 5.41) is 9.24. The lowest BCUT2D eigenvalue weighted by atomic mass is 9.93. The molecular formula is C107H124N5+5. The molecule has 0 aliphatic heterocycles. The second kappa shape index (κ2) is 35.3. The SMILES string of the molecule is Cc1cc(C)c(C)c(-c2c3ccc(CC(C)C)cc3cc[n+]2C)c1.Cc1cc(C)c(C)c(-c2c3ccccc3cc[n+]2C)c1.Cc1cc(C)c(C)c(-c2ccc3c(CC(C)C)cccc3[n+]2C)c1.Cc1cc(C)c(C)c(-c2ccc3cc(CC(C)C)ccc3[n+]2C)c1.Cc1cc(C)c(C)c(-c2ccc3ccccc3[n+]2C)c1. The molecule has 5 nitrogen and oxygen atoms in total. The molecule has 10 aromatic carbocycles. The molecule has 0 atom stereocenters. The van der Waals surface area contributed by atoms with E-state index in [0.29, 0.717) is 17.8 Å². The molecule has 572 valence electrons. The van der Waals surface area contributed by atoms with Gasteiger partial charge in [-0.15, -0.1) is 0 Å². The molecule has 5 heteroatoms. The maximum Gasteiger partial charge on any atom is 0.220 e. The van der Waals surface area contributed by atoms with E-state index in [1.807, 2.05) is 0 Å². The van der Waals surface area contributed by atoms with E-state index < -0.39 is 0 Å². The van der Waals surface area contributed by atoms with Crippen molar-refractivity contribution in [3.63, 3.8) is 0 Å². The second-order valence-corrected chi connectivity index (χ2v) is 33.8. The molecule has 0 saturated heterocycles. The number of nitrogens with zero attached hydrogens (tertiary/aromatic N) is 5. The van der Waals surface area contributed by atoms with Crippen molar-refractivity contribution < 1.29 is 22.8 Å². The normalized spacial score (nSPS) is 11.3. The van der Waals surface area contributed by atoms with Crippen LogP contribution in [0.1, 0.15) is 142 Å². The van der Waals surface area contributed by atoms with Crippen molar-refractivity contribution in [2.75, 3.05) is 0 Å². The van der Waals surface area contributed by atoms with Gasteiger partial charge in [-0.05, 0) is 297 Å². The average molecular weight is 1480 g/mol. The standard InChI is InChI=1S/3C23H28N.2C19H20N/c1-15(2)11-19-7-9-22-20(14-19)8-10-23(24(22)6)21-13-16(3)12-17(4)18(21)5;1-15(2)11-19-7-8-21-20(14-19)9-10-24(6)23(21)22-13-16(3)12-17(4)18(22)5;1-15(2)12-19-8-7-9-22-20(19)10-11-23(24(22)6)21-14-16(3)13-17(4)18(21)5;1-13-11-14(2)15(3)17(12-13)19-10-9-16-7-5-6-8-18(16)20(19)4;1-13-11-14(2)15(3)18(12-13)19-17-8-6-5-7-16(17)9-10-20(19)4/h2*7-10,12-15H,11H2,1-6H3;7-11,13-15H,12H2,1-6H3;2*5-12H,1-4H3/q5*+1. The third-order valence-corrected chi connectivity index (χ3v) is 23.2. The highest BCUT2D eigenvalue weighted by atomic mass is 15.0. The summed E-state index contributed by atoms with van der Waals surface area (Å²) in [7, 11) is 10.8. The molecule has 0 unspecified atom stereocenters. The zero-order chi connectivity index (χ0) is 80.8. The van der Waals surface area contributed by atoms with E-state index in [2.05, 4.69) is 428 Å². The van der Waals surface area contributed by atoms with Gasteiger partial charge in [0.1, 0.15) is 35.2 Å². The quantitative estimate of drug-likeness (QED) is 0.115. The maximum atomic E-state index is 2.36.